The van der Waals surface area contributed by atoms with Gasteiger partial charge in [0.15, 0.2) is 0 Å². The van der Waals surface area contributed by atoms with Gasteiger partial charge in [0.1, 0.15) is 11.8 Å². The lowest BCUT2D eigenvalue weighted by Crippen LogP contribution is -1.94. The number of hydrogen-bond acceptors (Lipinski definition) is 4. The maximum Gasteiger partial charge on any atom is 0.312 e. The van der Waals surface area contributed by atoms with E-state index in [4.69, 9.17) is 10.00 Å². The fourth-order valence-electron chi connectivity index (χ4n) is 1.49. The molecule has 0 radical (unpaired) electrons. The molecular weight excluding hydrogens is 312 g/mol. The van der Waals surface area contributed by atoms with Gasteiger partial charge >= 0.3 is 5.69 Å². The maximum atomic E-state index is 11.0. The summed E-state index contributed by atoms with van der Waals surface area (Å²) in [6.45, 7) is 0. The number of nitro benzene ring substituents is 1. The largest absolute Gasteiger partial charge is 0.449 e. The van der Waals surface area contributed by atoms with Crippen LogP contribution in [0.1, 0.15) is 5.56 Å². The van der Waals surface area contributed by atoms with Crippen LogP contribution in [-0.4, -0.2) is 4.92 Å². The van der Waals surface area contributed by atoms with Crippen LogP contribution < -0.4 is 4.74 Å². The van der Waals surface area contributed by atoms with Gasteiger partial charge in [-0.1, -0.05) is 28.1 Å². The fraction of sp³-hybridized carbons (Fsp3) is 0. The summed E-state index contributed by atoms with van der Waals surface area (Å²) in [5, 5.41) is 19.9. The lowest BCUT2D eigenvalue weighted by molar-refractivity contribution is -0.385. The van der Waals surface area contributed by atoms with E-state index in [-0.39, 0.29) is 17.2 Å². The molecule has 0 saturated heterocycles. The van der Waals surface area contributed by atoms with Crippen LogP contribution >= 0.6 is 15.9 Å². The number of benzene rings is 2. The fourth-order valence-corrected chi connectivity index (χ4v) is 1.83. The van der Waals surface area contributed by atoms with Crippen molar-refractivity contribution in [3.8, 4) is 17.6 Å². The van der Waals surface area contributed by atoms with E-state index in [0.29, 0.717) is 10.0 Å². The third-order valence-corrected chi connectivity index (χ3v) is 2.84. The molecule has 2 aromatic carbocycles. The molecule has 94 valence electrons. The molecule has 0 bridgehead atoms. The third kappa shape index (κ3) is 2.89. The first kappa shape index (κ1) is 13.1. The molecule has 0 fully saturated rings. The Morgan fingerprint density at radius 3 is 2.63 bits per heavy atom. The molecule has 6 heteroatoms. The standard InChI is InChI=1S/C13H7BrN2O3/c14-10-5-6-13(11(7-10)16(17)18)19-12-4-2-1-3-9(12)8-15/h1-7H. The number of nitriles is 1. The van der Waals surface area contributed by atoms with Crippen molar-refractivity contribution in [2.75, 3.05) is 0 Å². The van der Waals surface area contributed by atoms with Crippen molar-refractivity contribution in [2.24, 2.45) is 0 Å². The molecule has 0 heterocycles. The average molecular weight is 319 g/mol. The Bertz CT molecular complexity index is 680. The van der Waals surface area contributed by atoms with Gasteiger partial charge in [0.2, 0.25) is 5.75 Å². The number of nitro groups is 1. The maximum absolute atomic E-state index is 11.0. The molecule has 0 atom stereocenters. The van der Waals surface area contributed by atoms with E-state index in [1.807, 2.05) is 6.07 Å². The summed E-state index contributed by atoms with van der Waals surface area (Å²) in [7, 11) is 0. The molecule has 0 aliphatic carbocycles. The molecule has 0 aromatic heterocycles. The summed E-state index contributed by atoms with van der Waals surface area (Å²) in [6, 6.07) is 13.0. The Balaban J connectivity index is 2.44. The van der Waals surface area contributed by atoms with Crippen LogP contribution in [0.3, 0.4) is 0 Å². The highest BCUT2D eigenvalue weighted by Gasteiger charge is 2.17. The van der Waals surface area contributed by atoms with Crippen molar-refractivity contribution in [3.63, 3.8) is 0 Å². The Labute approximate surface area is 117 Å². The van der Waals surface area contributed by atoms with Crippen LogP contribution in [0.5, 0.6) is 11.5 Å². The number of halogens is 1. The lowest BCUT2D eigenvalue weighted by atomic mass is 10.2. The van der Waals surface area contributed by atoms with Crippen molar-refractivity contribution in [3.05, 3.63) is 62.6 Å². The first-order valence-electron chi connectivity index (χ1n) is 5.22. The van der Waals surface area contributed by atoms with E-state index in [1.54, 1.807) is 30.3 Å². The lowest BCUT2D eigenvalue weighted by Gasteiger charge is -2.07. The second-order valence-electron chi connectivity index (χ2n) is 3.58. The molecule has 0 aliphatic rings. The highest BCUT2D eigenvalue weighted by atomic mass is 79.9. The summed E-state index contributed by atoms with van der Waals surface area (Å²) in [5.74, 6) is 0.381. The molecule has 2 rings (SSSR count). The molecule has 5 nitrogen and oxygen atoms in total. The predicted molar refractivity (Wildman–Crippen MR) is 72.0 cm³/mol. The molecule has 19 heavy (non-hydrogen) atoms. The Morgan fingerprint density at radius 2 is 1.95 bits per heavy atom. The Kier molecular flexibility index (Phi) is 3.78. The van der Waals surface area contributed by atoms with E-state index >= 15 is 0 Å². The van der Waals surface area contributed by atoms with Gasteiger partial charge < -0.3 is 4.74 Å². The van der Waals surface area contributed by atoms with Gasteiger partial charge in [0.25, 0.3) is 0 Å². The minimum absolute atomic E-state index is 0.0934. The first-order chi connectivity index (χ1) is 9.11. The highest BCUT2D eigenvalue weighted by Crippen LogP contribution is 2.34. The number of hydrogen-bond donors (Lipinski definition) is 0. The minimum atomic E-state index is -0.533. The summed E-state index contributed by atoms with van der Waals surface area (Å²) in [5.41, 5.74) is 0.154. The normalized spacial score (nSPS) is 9.68. The van der Waals surface area contributed by atoms with Gasteiger partial charge in [-0.25, -0.2) is 0 Å². The molecule has 0 N–H and O–H groups in total. The minimum Gasteiger partial charge on any atom is -0.449 e. The van der Waals surface area contributed by atoms with Gasteiger partial charge in [0, 0.05) is 10.5 Å². The van der Waals surface area contributed by atoms with Gasteiger partial charge in [-0.15, -0.1) is 0 Å². The summed E-state index contributed by atoms with van der Waals surface area (Å²) < 4.78 is 6.05. The van der Waals surface area contributed by atoms with Crippen molar-refractivity contribution < 1.29 is 9.66 Å². The van der Waals surface area contributed by atoms with E-state index < -0.39 is 4.92 Å². The Hall–Kier alpha value is -2.39. The molecule has 0 unspecified atom stereocenters. The molecule has 0 saturated carbocycles. The highest BCUT2D eigenvalue weighted by molar-refractivity contribution is 9.10. The van der Waals surface area contributed by atoms with E-state index in [0.717, 1.165) is 0 Å². The predicted octanol–water partition coefficient (Wildman–Crippen LogP) is 4.02. The van der Waals surface area contributed by atoms with Crippen LogP contribution in [0.4, 0.5) is 5.69 Å². The van der Waals surface area contributed by atoms with E-state index in [9.17, 15) is 10.1 Å². The van der Waals surface area contributed by atoms with Crippen molar-refractivity contribution >= 4 is 21.6 Å². The van der Waals surface area contributed by atoms with Crippen molar-refractivity contribution in [1.29, 1.82) is 5.26 Å². The monoisotopic (exact) mass is 318 g/mol. The van der Waals surface area contributed by atoms with E-state index in [1.165, 1.54) is 12.1 Å². The van der Waals surface area contributed by atoms with Crippen LogP contribution in [0.15, 0.2) is 46.9 Å². The second kappa shape index (κ2) is 5.50. The molecular formula is C13H7BrN2O3. The van der Waals surface area contributed by atoms with E-state index in [2.05, 4.69) is 15.9 Å². The topological polar surface area (TPSA) is 76.2 Å². The van der Waals surface area contributed by atoms with Crippen LogP contribution in [0.2, 0.25) is 0 Å². The number of nitrogens with zero attached hydrogens (tertiary/aromatic N) is 2. The zero-order valence-electron chi connectivity index (χ0n) is 9.54. The van der Waals surface area contributed by atoms with Gasteiger partial charge in [-0.3, -0.25) is 10.1 Å². The average Bonchev–Trinajstić information content (AvgIpc) is 2.41. The first-order valence-corrected chi connectivity index (χ1v) is 6.02. The molecule has 0 aliphatic heterocycles. The van der Waals surface area contributed by atoms with Crippen LogP contribution in [-0.2, 0) is 0 Å². The zero-order chi connectivity index (χ0) is 13.8. The van der Waals surface area contributed by atoms with Gasteiger partial charge in [-0.2, -0.15) is 5.26 Å². The number of ether oxygens (including phenoxy) is 1. The smallest absolute Gasteiger partial charge is 0.312 e. The number of rotatable bonds is 3. The summed E-state index contributed by atoms with van der Waals surface area (Å²) in [6.07, 6.45) is 0. The summed E-state index contributed by atoms with van der Waals surface area (Å²) in [4.78, 5) is 10.4. The van der Waals surface area contributed by atoms with Gasteiger partial charge in [0.05, 0.1) is 10.5 Å². The third-order valence-electron chi connectivity index (χ3n) is 2.35. The number of para-hydroxylation sites is 1. The zero-order valence-corrected chi connectivity index (χ0v) is 11.1. The summed E-state index contributed by atoms with van der Waals surface area (Å²) >= 11 is 3.17. The van der Waals surface area contributed by atoms with Crippen LogP contribution in [0.25, 0.3) is 0 Å². The second-order valence-corrected chi connectivity index (χ2v) is 4.49. The molecule has 2 aromatic rings. The van der Waals surface area contributed by atoms with Crippen molar-refractivity contribution in [1.82, 2.24) is 0 Å². The quantitative estimate of drug-likeness (QED) is 0.632. The van der Waals surface area contributed by atoms with Crippen molar-refractivity contribution in [2.45, 2.75) is 0 Å². The van der Waals surface area contributed by atoms with Gasteiger partial charge in [-0.05, 0) is 24.3 Å². The molecule has 0 spiro atoms. The SMILES string of the molecule is N#Cc1ccccc1Oc1ccc(Br)cc1[N+](=O)[O-]. The molecule has 0 amide bonds. The van der Waals surface area contributed by atoms with Crippen LogP contribution in [0, 0.1) is 21.4 Å². The Morgan fingerprint density at radius 1 is 1.21 bits per heavy atom.